The van der Waals surface area contributed by atoms with Gasteiger partial charge in [-0.25, -0.2) is 9.97 Å². The number of H-pyrrole nitrogens is 1. The van der Waals surface area contributed by atoms with E-state index in [0.29, 0.717) is 18.1 Å². The van der Waals surface area contributed by atoms with Crippen molar-refractivity contribution in [1.82, 2.24) is 29.5 Å². The van der Waals surface area contributed by atoms with Crippen LogP contribution in [0.5, 0.6) is 0 Å². The number of nitrogens with zero attached hydrogens (tertiary/aromatic N) is 5. The van der Waals surface area contributed by atoms with Crippen molar-refractivity contribution in [3.05, 3.63) is 18.5 Å². The molecular weight excluding hydrogens is 230 g/mol. The van der Waals surface area contributed by atoms with E-state index in [9.17, 15) is 0 Å². The molecule has 3 aromatic heterocycles. The molecule has 1 atom stereocenters. The fraction of sp³-hybridized carbons (Fsp3) is 0.455. The van der Waals surface area contributed by atoms with E-state index in [4.69, 9.17) is 5.73 Å². The van der Waals surface area contributed by atoms with E-state index in [0.717, 1.165) is 29.8 Å². The molecule has 7 nitrogen and oxygen atoms in total. The van der Waals surface area contributed by atoms with Gasteiger partial charge in [0.25, 0.3) is 0 Å². The largest absolute Gasteiger partial charge is 0.340 e. The lowest BCUT2D eigenvalue weighted by Gasteiger charge is -2.06. The summed E-state index contributed by atoms with van der Waals surface area (Å²) in [6, 6.07) is 0. The van der Waals surface area contributed by atoms with Crippen LogP contribution in [0.25, 0.3) is 16.8 Å². The normalized spacial score (nSPS) is 13.4. The van der Waals surface area contributed by atoms with Crippen molar-refractivity contribution < 1.29 is 0 Å². The molecule has 1 unspecified atom stereocenters. The minimum absolute atomic E-state index is 0.487. The van der Waals surface area contributed by atoms with E-state index < -0.39 is 0 Å². The number of nitrogens with one attached hydrogen (secondary N) is 1. The van der Waals surface area contributed by atoms with Crippen molar-refractivity contribution in [2.24, 2.45) is 11.7 Å². The summed E-state index contributed by atoms with van der Waals surface area (Å²) < 4.78 is 1.91. The van der Waals surface area contributed by atoms with E-state index in [1.165, 1.54) is 0 Å². The van der Waals surface area contributed by atoms with Crippen LogP contribution in [-0.4, -0.2) is 36.1 Å². The second-order valence-electron chi connectivity index (χ2n) is 4.54. The van der Waals surface area contributed by atoms with Gasteiger partial charge in [0.05, 0.1) is 6.33 Å². The Balaban J connectivity index is 1.98. The summed E-state index contributed by atoms with van der Waals surface area (Å²) in [5.74, 6) is 1.40. The second-order valence-corrected chi connectivity index (χ2v) is 4.54. The van der Waals surface area contributed by atoms with Crippen LogP contribution in [0.2, 0.25) is 0 Å². The molecular formula is C11H15N7. The van der Waals surface area contributed by atoms with Crippen LogP contribution in [-0.2, 0) is 6.42 Å². The molecule has 0 amide bonds. The maximum Gasteiger partial charge on any atom is 0.189 e. The van der Waals surface area contributed by atoms with Gasteiger partial charge in [0, 0.05) is 6.42 Å². The first-order valence-corrected chi connectivity index (χ1v) is 6.01. The lowest BCUT2D eigenvalue weighted by molar-refractivity contribution is 0.534. The van der Waals surface area contributed by atoms with E-state index in [1.807, 2.05) is 4.40 Å². The quantitative estimate of drug-likeness (QED) is 0.698. The Labute approximate surface area is 103 Å². The summed E-state index contributed by atoms with van der Waals surface area (Å²) in [5, 5.41) is 8.41. The van der Waals surface area contributed by atoms with Gasteiger partial charge in [-0.3, -0.25) is 4.40 Å². The molecule has 0 fully saturated rings. The Hall–Kier alpha value is -2.02. The summed E-state index contributed by atoms with van der Waals surface area (Å²) in [6.07, 6.45) is 5.18. The maximum absolute atomic E-state index is 5.62. The van der Waals surface area contributed by atoms with Gasteiger partial charge in [0.1, 0.15) is 17.7 Å². The monoisotopic (exact) mass is 245 g/mol. The second kappa shape index (κ2) is 4.34. The molecule has 3 rings (SSSR count). The molecule has 18 heavy (non-hydrogen) atoms. The average molecular weight is 245 g/mol. The van der Waals surface area contributed by atoms with Crippen molar-refractivity contribution in [2.45, 2.75) is 19.8 Å². The topological polar surface area (TPSA) is 97.8 Å². The SMILES string of the molecule is CC(CN)CCc1nnc2c3[nH]cnc3ncn12. The van der Waals surface area contributed by atoms with E-state index >= 15 is 0 Å². The molecule has 0 spiro atoms. The zero-order chi connectivity index (χ0) is 12.5. The maximum atomic E-state index is 5.62. The zero-order valence-electron chi connectivity index (χ0n) is 10.2. The molecule has 0 bridgehead atoms. The van der Waals surface area contributed by atoms with E-state index in [2.05, 4.69) is 32.1 Å². The molecule has 0 aliphatic rings. The number of rotatable bonds is 4. The van der Waals surface area contributed by atoms with E-state index in [-0.39, 0.29) is 0 Å². The third-order valence-corrected chi connectivity index (χ3v) is 3.17. The van der Waals surface area contributed by atoms with Crippen LogP contribution in [0.4, 0.5) is 0 Å². The number of aromatic nitrogens is 6. The molecule has 3 heterocycles. The van der Waals surface area contributed by atoms with Crippen molar-refractivity contribution in [3.63, 3.8) is 0 Å². The number of fused-ring (bicyclic) bond motifs is 3. The first-order valence-electron chi connectivity index (χ1n) is 6.01. The zero-order valence-corrected chi connectivity index (χ0v) is 10.2. The Morgan fingerprint density at radius 3 is 3.11 bits per heavy atom. The fourth-order valence-corrected chi connectivity index (χ4v) is 1.94. The summed E-state index contributed by atoms with van der Waals surface area (Å²) in [4.78, 5) is 11.4. The van der Waals surface area contributed by atoms with Gasteiger partial charge in [-0.05, 0) is 18.9 Å². The number of hydrogen-bond acceptors (Lipinski definition) is 5. The molecule has 0 saturated heterocycles. The fourth-order valence-electron chi connectivity index (χ4n) is 1.94. The summed E-state index contributed by atoms with van der Waals surface area (Å²) in [6.45, 7) is 2.83. The molecule has 3 aromatic rings. The highest BCUT2D eigenvalue weighted by Gasteiger charge is 2.11. The molecule has 0 saturated carbocycles. The number of nitrogens with two attached hydrogens (primary N) is 1. The molecule has 0 aliphatic carbocycles. The minimum Gasteiger partial charge on any atom is -0.340 e. The van der Waals surface area contributed by atoms with Gasteiger partial charge < -0.3 is 10.7 Å². The van der Waals surface area contributed by atoms with Gasteiger partial charge in [0.2, 0.25) is 0 Å². The van der Waals surface area contributed by atoms with Crippen molar-refractivity contribution >= 4 is 16.8 Å². The number of aryl methyl sites for hydroxylation is 1. The van der Waals surface area contributed by atoms with Crippen LogP contribution in [0, 0.1) is 5.92 Å². The van der Waals surface area contributed by atoms with Gasteiger partial charge in [-0.1, -0.05) is 6.92 Å². The Morgan fingerprint density at radius 2 is 2.28 bits per heavy atom. The van der Waals surface area contributed by atoms with Crippen LogP contribution in [0.15, 0.2) is 12.7 Å². The smallest absolute Gasteiger partial charge is 0.189 e. The molecule has 0 aliphatic heterocycles. The first-order chi connectivity index (χ1) is 8.79. The number of imidazole rings is 1. The summed E-state index contributed by atoms with van der Waals surface area (Å²) in [5.41, 5.74) is 7.87. The van der Waals surface area contributed by atoms with E-state index in [1.54, 1.807) is 12.7 Å². The highest BCUT2D eigenvalue weighted by atomic mass is 15.3. The molecule has 94 valence electrons. The average Bonchev–Trinajstić information content (AvgIpc) is 3.01. The summed E-state index contributed by atoms with van der Waals surface area (Å²) in [7, 11) is 0. The van der Waals surface area contributed by atoms with Crippen LogP contribution in [0.3, 0.4) is 0 Å². The summed E-state index contributed by atoms with van der Waals surface area (Å²) >= 11 is 0. The lowest BCUT2D eigenvalue weighted by Crippen LogP contribution is -2.12. The van der Waals surface area contributed by atoms with Crippen LogP contribution < -0.4 is 5.73 Å². The standard InChI is InChI=1S/C11H15N7/c1-7(4-12)2-3-8-16-17-11-9-10(14-5-13-9)15-6-18(8)11/h5-7H,2-4,12H2,1H3,(H,13,14). The predicted octanol–water partition coefficient (Wildman–Crippen LogP) is 0.528. The van der Waals surface area contributed by atoms with Gasteiger partial charge in [-0.15, -0.1) is 10.2 Å². The highest BCUT2D eigenvalue weighted by molar-refractivity contribution is 5.84. The Morgan fingerprint density at radius 1 is 1.39 bits per heavy atom. The third kappa shape index (κ3) is 1.72. The third-order valence-electron chi connectivity index (χ3n) is 3.17. The van der Waals surface area contributed by atoms with Gasteiger partial charge in [-0.2, -0.15) is 0 Å². The van der Waals surface area contributed by atoms with Gasteiger partial charge >= 0.3 is 0 Å². The Bertz CT molecular complexity index is 668. The first kappa shape index (κ1) is 11.1. The number of hydrogen-bond donors (Lipinski definition) is 2. The molecule has 0 aromatic carbocycles. The predicted molar refractivity (Wildman–Crippen MR) is 67.0 cm³/mol. The molecule has 7 heteroatoms. The lowest BCUT2D eigenvalue weighted by atomic mass is 10.1. The van der Waals surface area contributed by atoms with Crippen molar-refractivity contribution in [3.8, 4) is 0 Å². The van der Waals surface area contributed by atoms with Crippen LogP contribution >= 0.6 is 0 Å². The number of aromatic amines is 1. The Kier molecular flexibility index (Phi) is 2.67. The highest BCUT2D eigenvalue weighted by Crippen LogP contribution is 2.14. The minimum atomic E-state index is 0.487. The van der Waals surface area contributed by atoms with Crippen molar-refractivity contribution in [1.29, 1.82) is 0 Å². The van der Waals surface area contributed by atoms with Gasteiger partial charge in [0.15, 0.2) is 11.3 Å². The van der Waals surface area contributed by atoms with Crippen LogP contribution in [0.1, 0.15) is 19.2 Å². The molecule has 3 N–H and O–H groups in total. The van der Waals surface area contributed by atoms with Crippen molar-refractivity contribution in [2.75, 3.05) is 6.54 Å². The molecule has 0 radical (unpaired) electrons.